The van der Waals surface area contributed by atoms with Gasteiger partial charge in [-0.1, -0.05) is 38.8 Å². The average molecular weight is 467 g/mol. The van der Waals surface area contributed by atoms with Gasteiger partial charge in [-0.2, -0.15) is 5.10 Å². The number of benzene rings is 1. The van der Waals surface area contributed by atoms with Gasteiger partial charge in [0.25, 0.3) is 0 Å². The Morgan fingerprint density at radius 3 is 2.70 bits per heavy atom. The van der Waals surface area contributed by atoms with Gasteiger partial charge in [0.15, 0.2) is 5.78 Å². The van der Waals surface area contributed by atoms with E-state index in [9.17, 15) is 4.79 Å². The molecule has 1 aromatic heterocycles. The highest BCUT2D eigenvalue weighted by Gasteiger charge is 2.60. The Kier molecular flexibility index (Phi) is 5.25. The molecule has 1 heterocycles. The zero-order chi connectivity index (χ0) is 23.0. The van der Waals surface area contributed by atoms with E-state index in [1.54, 1.807) is 0 Å². The number of nitrogens with zero attached hydrogens (tertiary/aromatic N) is 2. The van der Waals surface area contributed by atoms with Crippen molar-refractivity contribution in [3.05, 3.63) is 29.4 Å². The van der Waals surface area contributed by atoms with Crippen LogP contribution in [0, 0.1) is 46.3 Å². The standard InChI is InChI=1S/C29H39ClN2O/c1-18-10-12-28(2)20(14-18)4-6-22-23-7-8-25(29(23,3)13-11-24(22)28)27(33)17-32-26-9-5-21(30)15-19(26)16-31-32/h5,9,15-16,18,20,22-25H,4,6-8,10-14,17H2,1-3H3/t18-,20?,22?,23?,24?,25?,28?,29?/m0/s1. The number of Topliss-reactive ketones (excluding diaryl/α,β-unsaturated/α-hetero) is 1. The van der Waals surface area contributed by atoms with Crippen molar-refractivity contribution < 1.29 is 4.79 Å². The highest BCUT2D eigenvalue weighted by molar-refractivity contribution is 6.31. The fourth-order valence-electron chi connectivity index (χ4n) is 9.44. The van der Waals surface area contributed by atoms with Gasteiger partial charge in [0, 0.05) is 16.3 Å². The van der Waals surface area contributed by atoms with Gasteiger partial charge < -0.3 is 0 Å². The Balaban J connectivity index is 1.22. The van der Waals surface area contributed by atoms with E-state index >= 15 is 0 Å². The zero-order valence-electron chi connectivity index (χ0n) is 20.5. The Hall–Kier alpha value is -1.35. The van der Waals surface area contributed by atoms with E-state index in [1.807, 2.05) is 29.1 Å². The second-order valence-corrected chi connectivity index (χ2v) is 13.1. The van der Waals surface area contributed by atoms with E-state index in [4.69, 9.17) is 11.6 Å². The van der Waals surface area contributed by atoms with Gasteiger partial charge in [-0.25, -0.2) is 0 Å². The van der Waals surface area contributed by atoms with Crippen LogP contribution in [0.4, 0.5) is 0 Å². The third-order valence-corrected chi connectivity index (χ3v) is 11.5. The maximum Gasteiger partial charge on any atom is 0.157 e. The predicted octanol–water partition coefficient (Wildman–Crippen LogP) is 7.55. The van der Waals surface area contributed by atoms with Gasteiger partial charge in [-0.15, -0.1) is 0 Å². The van der Waals surface area contributed by atoms with Crippen LogP contribution in [0.2, 0.25) is 5.02 Å². The van der Waals surface area contributed by atoms with E-state index in [0.717, 1.165) is 46.9 Å². The molecule has 4 aliphatic carbocycles. The molecule has 2 aromatic rings. The van der Waals surface area contributed by atoms with Crippen LogP contribution >= 0.6 is 11.6 Å². The maximum atomic E-state index is 13.7. The summed E-state index contributed by atoms with van der Waals surface area (Å²) in [4.78, 5) is 13.7. The molecule has 6 rings (SSSR count). The Labute approximate surface area is 203 Å². The van der Waals surface area contributed by atoms with Crippen molar-refractivity contribution in [2.75, 3.05) is 0 Å². The molecule has 1 aromatic carbocycles. The van der Waals surface area contributed by atoms with E-state index in [-0.39, 0.29) is 11.3 Å². The second-order valence-electron chi connectivity index (χ2n) is 12.7. The Bertz CT molecular complexity index is 1080. The van der Waals surface area contributed by atoms with Crippen molar-refractivity contribution in [3.8, 4) is 0 Å². The molecule has 4 heteroatoms. The summed E-state index contributed by atoms with van der Waals surface area (Å²) in [6, 6.07) is 5.82. The number of ketones is 1. The quantitative estimate of drug-likeness (QED) is 0.467. The number of carbonyl (C=O) groups excluding carboxylic acids is 1. The Morgan fingerprint density at radius 1 is 1.06 bits per heavy atom. The van der Waals surface area contributed by atoms with Crippen LogP contribution in [0.1, 0.15) is 78.6 Å². The highest BCUT2D eigenvalue weighted by Crippen LogP contribution is 2.67. The van der Waals surface area contributed by atoms with Gasteiger partial charge in [-0.3, -0.25) is 9.48 Å². The molecule has 0 bridgehead atoms. The normalized spacial score (nSPS) is 42.5. The van der Waals surface area contributed by atoms with Crippen LogP contribution in [-0.4, -0.2) is 15.6 Å². The third kappa shape index (κ3) is 3.35. The minimum atomic E-state index is 0.176. The first kappa shape index (κ1) is 22.1. The average Bonchev–Trinajstić information content (AvgIpc) is 3.34. The van der Waals surface area contributed by atoms with Crippen molar-refractivity contribution in [1.29, 1.82) is 0 Å². The van der Waals surface area contributed by atoms with Crippen molar-refractivity contribution >= 4 is 28.3 Å². The minimum Gasteiger partial charge on any atom is -0.297 e. The van der Waals surface area contributed by atoms with Crippen molar-refractivity contribution in [3.63, 3.8) is 0 Å². The first-order chi connectivity index (χ1) is 15.8. The van der Waals surface area contributed by atoms with Crippen molar-refractivity contribution in [1.82, 2.24) is 9.78 Å². The molecular weight excluding hydrogens is 428 g/mol. The molecule has 178 valence electrons. The van der Waals surface area contributed by atoms with Gasteiger partial charge >= 0.3 is 0 Å². The van der Waals surface area contributed by atoms with Crippen molar-refractivity contribution in [2.45, 2.75) is 85.1 Å². The molecular formula is C29H39ClN2O. The molecule has 7 unspecified atom stereocenters. The molecule has 0 radical (unpaired) electrons. The lowest BCUT2D eigenvalue weighted by Gasteiger charge is -2.61. The summed E-state index contributed by atoms with van der Waals surface area (Å²) in [6.07, 6.45) is 13.9. The number of halogens is 1. The zero-order valence-corrected chi connectivity index (χ0v) is 21.3. The molecule has 0 amide bonds. The lowest BCUT2D eigenvalue weighted by molar-refractivity contribution is -0.137. The molecule has 3 nitrogen and oxygen atoms in total. The molecule has 33 heavy (non-hydrogen) atoms. The van der Waals surface area contributed by atoms with Crippen LogP contribution in [0.25, 0.3) is 10.9 Å². The second kappa shape index (κ2) is 7.83. The van der Waals surface area contributed by atoms with E-state index in [0.29, 0.717) is 22.8 Å². The van der Waals surface area contributed by atoms with Gasteiger partial charge in [-0.05, 0) is 110 Å². The summed E-state index contributed by atoms with van der Waals surface area (Å²) < 4.78 is 1.89. The van der Waals surface area contributed by atoms with Gasteiger partial charge in [0.05, 0.1) is 11.7 Å². The fourth-order valence-corrected chi connectivity index (χ4v) is 9.62. The van der Waals surface area contributed by atoms with Crippen LogP contribution in [0.5, 0.6) is 0 Å². The highest BCUT2D eigenvalue weighted by atomic mass is 35.5. The van der Waals surface area contributed by atoms with E-state index in [1.165, 1.54) is 51.4 Å². The number of fused-ring (bicyclic) bond motifs is 6. The molecule has 0 N–H and O–H groups in total. The largest absolute Gasteiger partial charge is 0.297 e. The number of hydrogen-bond donors (Lipinski definition) is 0. The summed E-state index contributed by atoms with van der Waals surface area (Å²) in [5, 5.41) is 6.26. The summed E-state index contributed by atoms with van der Waals surface area (Å²) in [5.41, 5.74) is 1.73. The smallest absolute Gasteiger partial charge is 0.157 e. The van der Waals surface area contributed by atoms with E-state index < -0.39 is 0 Å². The topological polar surface area (TPSA) is 34.9 Å². The van der Waals surface area contributed by atoms with Crippen molar-refractivity contribution in [2.24, 2.45) is 46.3 Å². The summed E-state index contributed by atoms with van der Waals surface area (Å²) in [6.45, 7) is 7.98. The monoisotopic (exact) mass is 466 g/mol. The summed E-state index contributed by atoms with van der Waals surface area (Å²) in [5.74, 6) is 4.88. The minimum absolute atomic E-state index is 0.176. The predicted molar refractivity (Wildman–Crippen MR) is 134 cm³/mol. The summed E-state index contributed by atoms with van der Waals surface area (Å²) >= 11 is 6.14. The molecule has 4 aliphatic rings. The molecule has 8 atom stereocenters. The molecule has 4 fully saturated rings. The maximum absolute atomic E-state index is 13.7. The first-order valence-corrected chi connectivity index (χ1v) is 13.8. The third-order valence-electron chi connectivity index (χ3n) is 11.2. The Morgan fingerprint density at radius 2 is 1.85 bits per heavy atom. The number of hydrogen-bond acceptors (Lipinski definition) is 2. The number of carbonyl (C=O) groups is 1. The van der Waals surface area contributed by atoms with E-state index in [2.05, 4.69) is 25.9 Å². The SMILES string of the molecule is C[C@H]1CCC2(C)C(CCC3C2CCC2(C)C(C(=O)Cn4ncc5cc(Cl)ccc54)CCC32)C1. The van der Waals surface area contributed by atoms with Crippen LogP contribution in [0.15, 0.2) is 24.4 Å². The van der Waals surface area contributed by atoms with Crippen LogP contribution in [-0.2, 0) is 11.3 Å². The number of aromatic nitrogens is 2. The lowest BCUT2D eigenvalue weighted by Crippen LogP contribution is -2.53. The van der Waals surface area contributed by atoms with Crippen LogP contribution in [0.3, 0.4) is 0 Å². The molecule has 0 spiro atoms. The number of rotatable bonds is 3. The lowest BCUT2D eigenvalue weighted by atomic mass is 9.44. The van der Waals surface area contributed by atoms with Gasteiger partial charge in [0.2, 0.25) is 0 Å². The molecule has 0 saturated heterocycles. The summed E-state index contributed by atoms with van der Waals surface area (Å²) in [7, 11) is 0. The van der Waals surface area contributed by atoms with Gasteiger partial charge in [0.1, 0.15) is 6.54 Å². The molecule has 4 saturated carbocycles. The fraction of sp³-hybridized carbons (Fsp3) is 0.724. The molecule has 0 aliphatic heterocycles. The first-order valence-electron chi connectivity index (χ1n) is 13.4. The van der Waals surface area contributed by atoms with Crippen LogP contribution < -0.4 is 0 Å².